The minimum Gasteiger partial charge on any atom is -0.468 e. The van der Waals surface area contributed by atoms with Crippen molar-refractivity contribution in [3.8, 4) is 0 Å². The van der Waals surface area contributed by atoms with Crippen LogP contribution >= 0.6 is 0 Å². The summed E-state index contributed by atoms with van der Waals surface area (Å²) in [6.45, 7) is 5.37. The predicted octanol–water partition coefficient (Wildman–Crippen LogP) is 0.960. The Balaban J connectivity index is 2.88. The van der Waals surface area contributed by atoms with Crippen molar-refractivity contribution < 1.29 is 28.6 Å². The summed E-state index contributed by atoms with van der Waals surface area (Å²) in [5, 5.41) is 0. The molecule has 1 aliphatic rings. The number of hydrogen-bond acceptors (Lipinski definition) is 6. The van der Waals surface area contributed by atoms with E-state index in [-0.39, 0.29) is 19.5 Å². The number of methoxy groups -OCH3 is 2. The summed E-state index contributed by atoms with van der Waals surface area (Å²) in [6, 6.07) is 0. The largest absolute Gasteiger partial charge is 0.468 e. The number of carbonyl (C=O) groups excluding carboxylic acids is 3. The Bertz CT molecular complexity index is 396. The molecular weight excluding hydrogens is 266 g/mol. The van der Waals surface area contributed by atoms with Crippen molar-refractivity contribution >= 4 is 18.0 Å². The van der Waals surface area contributed by atoms with E-state index in [1.54, 1.807) is 20.8 Å². The van der Waals surface area contributed by atoms with E-state index < -0.39 is 29.0 Å². The molecule has 0 aromatic rings. The summed E-state index contributed by atoms with van der Waals surface area (Å²) in [4.78, 5) is 37.1. The molecule has 0 unspecified atom stereocenters. The fraction of sp³-hybridized carbons (Fsp3) is 0.769. The van der Waals surface area contributed by atoms with Gasteiger partial charge in [0.15, 0.2) is 5.41 Å². The van der Waals surface area contributed by atoms with Crippen molar-refractivity contribution in [1.29, 1.82) is 0 Å². The van der Waals surface area contributed by atoms with Crippen LogP contribution in [0.25, 0.3) is 0 Å². The molecule has 0 saturated carbocycles. The number of nitrogens with zero attached hydrogens (tertiary/aromatic N) is 1. The lowest BCUT2D eigenvalue weighted by molar-refractivity contribution is -0.167. The highest BCUT2D eigenvalue weighted by atomic mass is 16.6. The topological polar surface area (TPSA) is 82.1 Å². The van der Waals surface area contributed by atoms with Gasteiger partial charge in [0.25, 0.3) is 0 Å². The van der Waals surface area contributed by atoms with Crippen LogP contribution in [0.3, 0.4) is 0 Å². The minimum atomic E-state index is -1.46. The van der Waals surface area contributed by atoms with Gasteiger partial charge in [0.05, 0.1) is 20.8 Å². The maximum Gasteiger partial charge on any atom is 0.410 e. The van der Waals surface area contributed by atoms with Gasteiger partial charge in [-0.1, -0.05) is 0 Å². The Hall–Kier alpha value is -1.79. The molecule has 0 aromatic heterocycles. The zero-order valence-corrected chi connectivity index (χ0v) is 12.5. The van der Waals surface area contributed by atoms with E-state index in [1.807, 2.05) is 0 Å². The highest BCUT2D eigenvalue weighted by Gasteiger charge is 2.54. The third-order valence-electron chi connectivity index (χ3n) is 3.07. The Labute approximate surface area is 118 Å². The number of ether oxygens (including phenoxy) is 3. The van der Waals surface area contributed by atoms with E-state index in [1.165, 1.54) is 19.1 Å². The van der Waals surface area contributed by atoms with Gasteiger partial charge in [-0.15, -0.1) is 0 Å². The Kier molecular flexibility index (Phi) is 4.62. The van der Waals surface area contributed by atoms with Crippen LogP contribution in [0.15, 0.2) is 0 Å². The maximum absolute atomic E-state index is 12.0. The molecule has 1 aliphatic heterocycles. The van der Waals surface area contributed by atoms with Crippen molar-refractivity contribution in [2.24, 2.45) is 5.41 Å². The van der Waals surface area contributed by atoms with Crippen LogP contribution in [0.5, 0.6) is 0 Å². The quantitative estimate of drug-likeness (QED) is 0.427. The van der Waals surface area contributed by atoms with Gasteiger partial charge < -0.3 is 19.1 Å². The molecule has 1 fully saturated rings. The molecule has 1 saturated heterocycles. The average molecular weight is 287 g/mol. The number of amides is 1. The molecule has 1 rings (SSSR count). The molecule has 0 radical (unpaired) electrons. The van der Waals surface area contributed by atoms with Crippen LogP contribution in [0.2, 0.25) is 0 Å². The molecule has 1 heterocycles. The third-order valence-corrected chi connectivity index (χ3v) is 3.07. The standard InChI is InChI=1S/C13H21NO6/c1-12(2,3)20-11(17)14-7-6-13(8-14,9(15)18-4)10(16)19-5/h6-8H2,1-5H3. The number of rotatable bonds is 2. The molecule has 0 aliphatic carbocycles. The first-order chi connectivity index (χ1) is 9.16. The van der Waals surface area contributed by atoms with Gasteiger partial charge in [-0.05, 0) is 27.2 Å². The van der Waals surface area contributed by atoms with Crippen molar-refractivity contribution in [3.63, 3.8) is 0 Å². The fourth-order valence-corrected chi connectivity index (χ4v) is 2.10. The van der Waals surface area contributed by atoms with E-state index in [9.17, 15) is 14.4 Å². The predicted molar refractivity (Wildman–Crippen MR) is 68.9 cm³/mol. The van der Waals surface area contributed by atoms with Crippen LogP contribution in [0.4, 0.5) is 4.79 Å². The zero-order chi connectivity index (χ0) is 15.6. The van der Waals surface area contributed by atoms with E-state index in [2.05, 4.69) is 9.47 Å². The molecule has 20 heavy (non-hydrogen) atoms. The molecule has 1 amide bonds. The molecular formula is C13H21NO6. The number of hydrogen-bond donors (Lipinski definition) is 0. The molecule has 114 valence electrons. The summed E-state index contributed by atoms with van der Waals surface area (Å²) in [5.74, 6) is -1.40. The smallest absolute Gasteiger partial charge is 0.410 e. The highest BCUT2D eigenvalue weighted by Crippen LogP contribution is 2.34. The molecule has 0 atom stereocenters. The second-order valence-electron chi connectivity index (χ2n) is 5.72. The summed E-state index contributed by atoms with van der Waals surface area (Å²) in [5.41, 5.74) is -2.10. The van der Waals surface area contributed by atoms with Crippen LogP contribution in [-0.2, 0) is 23.8 Å². The molecule has 7 nitrogen and oxygen atoms in total. The van der Waals surface area contributed by atoms with Crippen LogP contribution in [0.1, 0.15) is 27.2 Å². The van der Waals surface area contributed by atoms with Gasteiger partial charge >= 0.3 is 18.0 Å². The summed E-state index contributed by atoms with van der Waals surface area (Å²) in [7, 11) is 2.40. The molecule has 0 aromatic carbocycles. The Morgan fingerprint density at radius 1 is 1.05 bits per heavy atom. The minimum absolute atomic E-state index is 0.0960. The van der Waals surface area contributed by atoms with Gasteiger partial charge in [0, 0.05) is 6.54 Å². The van der Waals surface area contributed by atoms with Gasteiger partial charge in [0.2, 0.25) is 0 Å². The third kappa shape index (κ3) is 3.20. The number of esters is 2. The summed E-state index contributed by atoms with van der Waals surface area (Å²) < 4.78 is 14.6. The SMILES string of the molecule is COC(=O)C1(C(=O)OC)CCN(C(=O)OC(C)(C)C)C1. The van der Waals surface area contributed by atoms with Gasteiger partial charge in [-0.25, -0.2) is 4.79 Å². The second-order valence-corrected chi connectivity index (χ2v) is 5.72. The van der Waals surface area contributed by atoms with Gasteiger partial charge in [-0.2, -0.15) is 0 Å². The monoisotopic (exact) mass is 287 g/mol. The van der Waals surface area contributed by atoms with Gasteiger partial charge in [-0.3, -0.25) is 9.59 Å². The molecule has 0 spiro atoms. The molecule has 0 N–H and O–H groups in total. The number of carbonyl (C=O) groups is 3. The number of likely N-dealkylation sites (tertiary alicyclic amines) is 1. The van der Waals surface area contributed by atoms with E-state index in [4.69, 9.17) is 4.74 Å². The second kappa shape index (κ2) is 5.68. The van der Waals surface area contributed by atoms with E-state index in [0.29, 0.717) is 0 Å². The molecule has 0 bridgehead atoms. The van der Waals surface area contributed by atoms with Crippen molar-refractivity contribution in [2.75, 3.05) is 27.3 Å². The summed E-state index contributed by atoms with van der Waals surface area (Å²) >= 11 is 0. The van der Waals surface area contributed by atoms with Crippen LogP contribution < -0.4 is 0 Å². The van der Waals surface area contributed by atoms with Crippen molar-refractivity contribution in [1.82, 2.24) is 4.90 Å². The first-order valence-corrected chi connectivity index (χ1v) is 6.31. The fourth-order valence-electron chi connectivity index (χ4n) is 2.10. The first kappa shape index (κ1) is 16.3. The average Bonchev–Trinajstić information content (AvgIpc) is 2.81. The van der Waals surface area contributed by atoms with Crippen molar-refractivity contribution in [2.45, 2.75) is 32.8 Å². The van der Waals surface area contributed by atoms with E-state index in [0.717, 1.165) is 0 Å². The first-order valence-electron chi connectivity index (χ1n) is 6.31. The highest BCUT2D eigenvalue weighted by molar-refractivity contribution is 6.01. The normalized spacial score (nSPS) is 17.6. The Morgan fingerprint density at radius 3 is 1.95 bits per heavy atom. The zero-order valence-electron chi connectivity index (χ0n) is 12.5. The Morgan fingerprint density at radius 2 is 1.55 bits per heavy atom. The summed E-state index contributed by atoms with van der Waals surface area (Å²) in [6.07, 6.45) is -0.404. The molecule has 7 heteroatoms. The van der Waals surface area contributed by atoms with Crippen molar-refractivity contribution in [3.05, 3.63) is 0 Å². The van der Waals surface area contributed by atoms with Crippen LogP contribution in [-0.4, -0.2) is 55.8 Å². The lowest BCUT2D eigenvalue weighted by Gasteiger charge is -2.26. The van der Waals surface area contributed by atoms with Crippen LogP contribution in [0, 0.1) is 5.41 Å². The van der Waals surface area contributed by atoms with Gasteiger partial charge in [0.1, 0.15) is 5.60 Å². The lowest BCUT2D eigenvalue weighted by Crippen LogP contribution is -2.45. The maximum atomic E-state index is 12.0. The van der Waals surface area contributed by atoms with E-state index >= 15 is 0 Å². The lowest BCUT2D eigenvalue weighted by atomic mass is 9.87.